The zero-order valence-corrected chi connectivity index (χ0v) is 17.8. The monoisotopic (exact) mass is 467 g/mol. The topological polar surface area (TPSA) is 119 Å². The van der Waals surface area contributed by atoms with Crippen LogP contribution in [0.2, 0.25) is 5.02 Å². The van der Waals surface area contributed by atoms with E-state index in [1.165, 1.54) is 48.5 Å². The first-order valence-electron chi connectivity index (χ1n) is 9.66. The predicted octanol–water partition coefficient (Wildman–Crippen LogP) is 3.81. The van der Waals surface area contributed by atoms with E-state index in [9.17, 15) is 24.3 Å². The molecule has 2 N–H and O–H groups in total. The third-order valence-electron chi connectivity index (χ3n) is 4.38. The van der Waals surface area contributed by atoms with E-state index in [1.54, 1.807) is 36.4 Å². The highest BCUT2D eigenvalue weighted by molar-refractivity contribution is 6.30. The van der Waals surface area contributed by atoms with E-state index in [4.69, 9.17) is 21.1 Å². The molecule has 0 spiro atoms. The van der Waals surface area contributed by atoms with E-state index in [0.717, 1.165) is 0 Å². The first-order chi connectivity index (χ1) is 15.8. The first-order valence-corrected chi connectivity index (χ1v) is 10.0. The van der Waals surface area contributed by atoms with Gasteiger partial charge in [-0.05, 0) is 48.5 Å². The van der Waals surface area contributed by atoms with Crippen LogP contribution in [0.25, 0.3) is 0 Å². The zero-order valence-electron chi connectivity index (χ0n) is 17.0. The van der Waals surface area contributed by atoms with Crippen LogP contribution in [0.4, 0.5) is 5.69 Å². The van der Waals surface area contributed by atoms with Gasteiger partial charge in [-0.2, -0.15) is 0 Å². The van der Waals surface area contributed by atoms with Gasteiger partial charge in [0, 0.05) is 10.7 Å². The number of esters is 2. The summed E-state index contributed by atoms with van der Waals surface area (Å²) in [6.45, 7) is 0. The van der Waals surface area contributed by atoms with Gasteiger partial charge in [0.15, 0.2) is 0 Å². The Morgan fingerprint density at radius 3 is 1.61 bits per heavy atom. The molecule has 0 unspecified atom stereocenters. The van der Waals surface area contributed by atoms with Crippen LogP contribution >= 0.6 is 11.6 Å². The molecule has 3 aromatic rings. The van der Waals surface area contributed by atoms with Crippen LogP contribution in [0.1, 0.15) is 20.7 Å². The van der Waals surface area contributed by atoms with Crippen LogP contribution in [0.15, 0.2) is 84.9 Å². The minimum Gasteiger partial charge on any atom is -0.478 e. The normalized spacial score (nSPS) is 12.2. The van der Waals surface area contributed by atoms with Crippen molar-refractivity contribution in [1.82, 2.24) is 0 Å². The molecule has 3 aromatic carbocycles. The smallest absolute Gasteiger partial charge is 0.349 e. The second kappa shape index (κ2) is 10.9. The average Bonchev–Trinajstić information content (AvgIpc) is 2.83. The number of aliphatic carboxylic acids is 1. The molecule has 3 rings (SSSR count). The molecule has 0 heterocycles. The molecule has 1 amide bonds. The lowest BCUT2D eigenvalue weighted by Crippen LogP contribution is -2.48. The Morgan fingerprint density at radius 2 is 1.15 bits per heavy atom. The second-order valence-corrected chi connectivity index (χ2v) is 7.15. The van der Waals surface area contributed by atoms with Crippen molar-refractivity contribution in [3.63, 3.8) is 0 Å². The maximum Gasteiger partial charge on any atom is 0.349 e. The molecule has 0 aliphatic rings. The van der Waals surface area contributed by atoms with Gasteiger partial charge in [0.05, 0.1) is 11.1 Å². The fourth-order valence-electron chi connectivity index (χ4n) is 2.76. The molecule has 8 nitrogen and oxygen atoms in total. The van der Waals surface area contributed by atoms with Crippen LogP contribution in [-0.2, 0) is 19.1 Å². The average molecular weight is 468 g/mol. The van der Waals surface area contributed by atoms with Crippen molar-refractivity contribution in [2.24, 2.45) is 0 Å². The number of hydrogen-bond acceptors (Lipinski definition) is 6. The van der Waals surface area contributed by atoms with Crippen molar-refractivity contribution in [3.8, 4) is 0 Å². The predicted molar refractivity (Wildman–Crippen MR) is 119 cm³/mol. The maximum absolute atomic E-state index is 13.0. The van der Waals surface area contributed by atoms with Crippen LogP contribution in [0.3, 0.4) is 0 Å². The summed E-state index contributed by atoms with van der Waals surface area (Å²) in [7, 11) is 0. The SMILES string of the molecule is O=C(O[C@H](C(=O)O)[C@@H](OC(=O)c1ccccc1)C(=O)Nc1ccc(Cl)cc1)c1ccccc1. The third kappa shape index (κ3) is 6.41. The summed E-state index contributed by atoms with van der Waals surface area (Å²) in [5, 5.41) is 12.6. The Kier molecular flexibility index (Phi) is 7.77. The second-order valence-electron chi connectivity index (χ2n) is 6.72. The lowest BCUT2D eigenvalue weighted by atomic mass is 10.1. The van der Waals surface area contributed by atoms with E-state index >= 15 is 0 Å². The molecule has 0 aliphatic heterocycles. The van der Waals surface area contributed by atoms with E-state index in [1.807, 2.05) is 0 Å². The van der Waals surface area contributed by atoms with Gasteiger partial charge < -0.3 is 19.9 Å². The highest BCUT2D eigenvalue weighted by Crippen LogP contribution is 2.17. The molecular formula is C24H18ClNO7. The number of hydrogen-bond donors (Lipinski definition) is 2. The molecular weight excluding hydrogens is 450 g/mol. The summed E-state index contributed by atoms with van der Waals surface area (Å²) in [5.41, 5.74) is 0.416. The Hall–Kier alpha value is -4.17. The van der Waals surface area contributed by atoms with Gasteiger partial charge in [0.2, 0.25) is 12.2 Å². The summed E-state index contributed by atoms with van der Waals surface area (Å²) in [6.07, 6.45) is -4.10. The van der Waals surface area contributed by atoms with E-state index in [2.05, 4.69) is 5.32 Å². The molecule has 2 atom stereocenters. The fourth-order valence-corrected chi connectivity index (χ4v) is 2.88. The number of carboxylic acid groups (broad SMARTS) is 1. The van der Waals surface area contributed by atoms with Crippen molar-refractivity contribution in [3.05, 3.63) is 101 Å². The Morgan fingerprint density at radius 1 is 0.697 bits per heavy atom. The van der Waals surface area contributed by atoms with Gasteiger partial charge in [-0.25, -0.2) is 14.4 Å². The first kappa shape index (κ1) is 23.5. The Labute approximate surface area is 193 Å². The number of benzene rings is 3. The summed E-state index contributed by atoms with van der Waals surface area (Å²) in [5.74, 6) is -4.64. The minimum absolute atomic E-state index is 0.0648. The van der Waals surface area contributed by atoms with Gasteiger partial charge in [-0.15, -0.1) is 0 Å². The van der Waals surface area contributed by atoms with Crippen molar-refractivity contribution in [1.29, 1.82) is 0 Å². The standard InChI is InChI=1S/C24H18ClNO7/c25-17-11-13-18(14-12-17)26-21(27)19(32-23(30)15-7-3-1-4-8-15)20(22(28)29)33-24(31)16-9-5-2-6-10-16/h1-14,19-20H,(H,26,27)(H,28,29)/t19-,20+/m1/s1. The number of anilines is 1. The number of amides is 1. The lowest BCUT2D eigenvalue weighted by molar-refractivity contribution is -0.157. The number of rotatable bonds is 8. The highest BCUT2D eigenvalue weighted by Gasteiger charge is 2.41. The van der Waals surface area contributed by atoms with Crippen molar-refractivity contribution in [2.45, 2.75) is 12.2 Å². The quantitative estimate of drug-likeness (QED) is 0.483. The summed E-state index contributed by atoms with van der Waals surface area (Å²) in [4.78, 5) is 50.0. The number of carboxylic acids is 1. The van der Waals surface area contributed by atoms with Crippen LogP contribution in [-0.4, -0.2) is 41.1 Å². The molecule has 0 aromatic heterocycles. The molecule has 33 heavy (non-hydrogen) atoms. The van der Waals surface area contributed by atoms with Crippen molar-refractivity contribution < 1.29 is 33.8 Å². The number of carbonyl (C=O) groups is 4. The van der Waals surface area contributed by atoms with E-state index in [0.29, 0.717) is 5.02 Å². The van der Waals surface area contributed by atoms with Crippen LogP contribution in [0.5, 0.6) is 0 Å². The van der Waals surface area contributed by atoms with Crippen molar-refractivity contribution in [2.75, 3.05) is 5.32 Å². The van der Waals surface area contributed by atoms with Gasteiger partial charge in [-0.1, -0.05) is 48.0 Å². The van der Waals surface area contributed by atoms with E-state index in [-0.39, 0.29) is 16.8 Å². The molecule has 9 heteroatoms. The largest absolute Gasteiger partial charge is 0.478 e. The number of halogens is 1. The molecule has 0 saturated heterocycles. The Bertz CT molecular complexity index is 1130. The molecule has 0 radical (unpaired) electrons. The summed E-state index contributed by atoms with van der Waals surface area (Å²) in [6, 6.07) is 21.3. The summed E-state index contributed by atoms with van der Waals surface area (Å²) >= 11 is 5.84. The lowest BCUT2D eigenvalue weighted by Gasteiger charge is -2.23. The van der Waals surface area contributed by atoms with E-state index < -0.39 is 36.0 Å². The number of ether oxygens (including phenoxy) is 2. The summed E-state index contributed by atoms with van der Waals surface area (Å²) < 4.78 is 10.3. The van der Waals surface area contributed by atoms with Crippen LogP contribution < -0.4 is 5.32 Å². The third-order valence-corrected chi connectivity index (χ3v) is 4.63. The fraction of sp³-hybridized carbons (Fsp3) is 0.0833. The maximum atomic E-state index is 13.0. The van der Waals surface area contributed by atoms with Gasteiger partial charge in [0.25, 0.3) is 5.91 Å². The van der Waals surface area contributed by atoms with Gasteiger partial charge in [0.1, 0.15) is 0 Å². The number of carbonyl (C=O) groups excluding carboxylic acids is 3. The van der Waals surface area contributed by atoms with Gasteiger partial charge >= 0.3 is 17.9 Å². The molecule has 0 saturated carbocycles. The minimum atomic E-state index is -2.11. The molecule has 168 valence electrons. The van der Waals surface area contributed by atoms with Crippen molar-refractivity contribution >= 4 is 41.1 Å². The number of nitrogens with one attached hydrogen (secondary N) is 1. The molecule has 0 bridgehead atoms. The van der Waals surface area contributed by atoms with Gasteiger partial charge in [-0.3, -0.25) is 4.79 Å². The van der Waals surface area contributed by atoms with Crippen LogP contribution in [0, 0.1) is 0 Å². The molecule has 0 fully saturated rings. The molecule has 0 aliphatic carbocycles. The Balaban J connectivity index is 1.89. The highest BCUT2D eigenvalue weighted by atomic mass is 35.5. The zero-order chi connectivity index (χ0) is 23.8.